The van der Waals surface area contributed by atoms with Crippen LogP contribution >= 0.6 is 0 Å². The van der Waals surface area contributed by atoms with Crippen molar-refractivity contribution in [1.82, 2.24) is 0 Å². The molecule has 0 fully saturated rings. The molecule has 0 aromatic rings. The second-order valence-corrected chi connectivity index (χ2v) is 0. The van der Waals surface area contributed by atoms with Gasteiger partial charge in [-0.1, -0.05) is 0 Å². The minimum Gasteiger partial charge on any atom is 0 e. The summed E-state index contributed by atoms with van der Waals surface area (Å²) >= 11 is 0. The summed E-state index contributed by atoms with van der Waals surface area (Å²) < 4.78 is 0. The molecule has 0 saturated heterocycles. The van der Waals surface area contributed by atoms with Gasteiger partial charge in [0.2, 0.25) is 0 Å². The second kappa shape index (κ2) is 15.9. The Morgan fingerprint density at radius 1 is 1.00 bits per heavy atom. The fraction of sp³-hybridized carbons (Fsp3) is 0. The van der Waals surface area contributed by atoms with Gasteiger partial charge in [-0.05, 0) is 0 Å². The Bertz CT molecular complexity index is 8.00. The van der Waals surface area contributed by atoms with E-state index in [9.17, 15) is 0 Å². The summed E-state index contributed by atoms with van der Waals surface area (Å²) in [5.41, 5.74) is 0. The van der Waals surface area contributed by atoms with Gasteiger partial charge in [0.25, 0.3) is 0 Å². The first-order valence-electron chi connectivity index (χ1n) is 0. The predicted molar refractivity (Wildman–Crippen MR) is 8.54 cm³/mol. The first-order chi connectivity index (χ1) is 0. The SMILES string of the molecule is [BaH2].[Gd].[Nd].[Yb]. The van der Waals surface area contributed by atoms with E-state index >= 15 is 0 Å². The van der Waals surface area contributed by atoms with E-state index in [0.717, 1.165) is 0 Å². The first-order valence-corrected chi connectivity index (χ1v) is 0. The maximum absolute atomic E-state index is 0. The molecule has 0 nitrogen and oxygen atoms in total. The molecule has 0 spiro atoms. The molecule has 0 bridgehead atoms. The quantitative estimate of drug-likeness (QED) is 0.311. The average Bonchev–Trinajstić information content (AvgIpc) is 0. The Balaban J connectivity index is 0. The summed E-state index contributed by atoms with van der Waals surface area (Å²) in [5.74, 6) is 0. The van der Waals surface area contributed by atoms with E-state index in [1.54, 1.807) is 0 Å². The first kappa shape index (κ1) is 22.6. The number of hydrogen-bond acceptors (Lipinski definition) is 0. The predicted octanol–water partition coefficient (Wildman–Crippen LogP) is -0.916. The molecule has 0 amide bonds. The molecule has 0 N–H and O–H groups in total. The van der Waals surface area contributed by atoms with Gasteiger partial charge in [-0.15, -0.1) is 0 Å². The molecule has 4 heteroatoms. The van der Waals surface area contributed by atoms with E-state index < -0.39 is 0 Å². The summed E-state index contributed by atoms with van der Waals surface area (Å²) in [7, 11) is 0. The van der Waals surface area contributed by atoms with Gasteiger partial charge in [0.05, 0.1) is 0 Å². The van der Waals surface area contributed by atoms with E-state index in [1.165, 1.54) is 0 Å². The van der Waals surface area contributed by atoms with Crippen LogP contribution in [0.25, 0.3) is 0 Å². The zero-order chi connectivity index (χ0) is 0. The van der Waals surface area contributed by atoms with Gasteiger partial charge >= 0.3 is 48.9 Å². The molecule has 30 valence electrons. The number of rotatable bonds is 0. The van der Waals surface area contributed by atoms with E-state index in [0.29, 0.717) is 0 Å². The topological polar surface area (TPSA) is 0 Å². The minimum atomic E-state index is 0. The van der Waals surface area contributed by atoms with Crippen molar-refractivity contribution in [2.45, 2.75) is 0 Å². The van der Waals surface area contributed by atoms with Crippen molar-refractivity contribution in [3.05, 3.63) is 0 Å². The summed E-state index contributed by atoms with van der Waals surface area (Å²) in [6.07, 6.45) is 0. The average molecular weight is 614 g/mol. The Labute approximate surface area is 170 Å². The molecule has 0 radical (unpaired) electrons. The van der Waals surface area contributed by atoms with Crippen LogP contribution in [0.2, 0.25) is 0 Å². The van der Waals surface area contributed by atoms with Crippen molar-refractivity contribution < 1.29 is 128 Å². The second-order valence-electron chi connectivity index (χ2n) is 0. The zero-order valence-electron chi connectivity index (χ0n) is 1.12. The van der Waals surface area contributed by atoms with Crippen LogP contribution in [0.5, 0.6) is 0 Å². The van der Waals surface area contributed by atoms with Gasteiger partial charge < -0.3 is 0 Å². The third-order valence-electron chi connectivity index (χ3n) is 0. The molecule has 0 aromatic carbocycles. The molecule has 0 saturated carbocycles. The Kier molecular flexibility index (Phi) is 89.7. The summed E-state index contributed by atoms with van der Waals surface area (Å²) in [5, 5.41) is 0. The van der Waals surface area contributed by atoms with Gasteiger partial charge in [-0.3, -0.25) is 0 Å². The van der Waals surface area contributed by atoms with Crippen molar-refractivity contribution in [2.75, 3.05) is 0 Å². The fourth-order valence-electron chi connectivity index (χ4n) is 0. The van der Waals surface area contributed by atoms with Crippen LogP contribution in [-0.4, -0.2) is 48.9 Å². The molecule has 0 rings (SSSR count). The van der Waals surface area contributed by atoms with Crippen LogP contribution in [0.1, 0.15) is 0 Å². The molecule has 0 unspecified atom stereocenters. The third-order valence-corrected chi connectivity index (χ3v) is 0. The smallest absolute Gasteiger partial charge is 0 e. The summed E-state index contributed by atoms with van der Waals surface area (Å²) in [6.45, 7) is 0. The summed E-state index contributed by atoms with van der Waals surface area (Å²) in [6, 6.07) is 0. The van der Waals surface area contributed by atoms with Crippen molar-refractivity contribution in [1.29, 1.82) is 0 Å². The van der Waals surface area contributed by atoms with Gasteiger partial charge in [-0.25, -0.2) is 0 Å². The minimum absolute atomic E-state index is 0. The van der Waals surface area contributed by atoms with Gasteiger partial charge in [0.1, 0.15) is 0 Å². The Hall–Kier alpha value is 5.77. The largest absolute Gasteiger partial charge is 0 e. The summed E-state index contributed by atoms with van der Waals surface area (Å²) in [4.78, 5) is 0. The van der Waals surface area contributed by atoms with Crippen LogP contribution in [0.15, 0.2) is 0 Å². The van der Waals surface area contributed by atoms with E-state index in [4.69, 9.17) is 0 Å². The molecule has 0 heterocycles. The number of hydrogen-bond donors (Lipinski definition) is 0. The van der Waals surface area contributed by atoms with Crippen LogP contribution in [0, 0.1) is 128 Å². The monoisotopic (exact) mass is 614 g/mol. The van der Waals surface area contributed by atoms with E-state index in [1.807, 2.05) is 0 Å². The molecule has 0 aromatic heterocycles. The molecule has 0 atom stereocenters. The van der Waals surface area contributed by atoms with Crippen molar-refractivity contribution in [3.63, 3.8) is 0 Å². The van der Waals surface area contributed by atoms with Crippen molar-refractivity contribution in [3.8, 4) is 0 Å². The molecular formula is H2BaGdNdYb. The molecule has 0 aliphatic rings. The third kappa shape index (κ3) is 10.7. The molecule has 0 aliphatic heterocycles. The standard InChI is InChI=1S/Ba.Gd.Nd.Yb.2H. The van der Waals surface area contributed by atoms with Gasteiger partial charge in [0, 0.05) is 128 Å². The normalized spacial score (nSPS) is 0. The van der Waals surface area contributed by atoms with Gasteiger partial charge in [0.15, 0.2) is 0 Å². The maximum atomic E-state index is 0. The zero-order valence-corrected chi connectivity index (χ0v) is 8.31. The van der Waals surface area contributed by atoms with Crippen molar-refractivity contribution >= 4 is 48.9 Å². The molecular weight excluding hydrogens is 612 g/mol. The van der Waals surface area contributed by atoms with Gasteiger partial charge in [-0.2, -0.15) is 0 Å². The van der Waals surface area contributed by atoms with Crippen molar-refractivity contribution in [2.24, 2.45) is 0 Å². The Morgan fingerprint density at radius 3 is 1.00 bits per heavy atom. The Morgan fingerprint density at radius 2 is 1.00 bits per heavy atom. The van der Waals surface area contributed by atoms with Crippen LogP contribution in [0.3, 0.4) is 0 Å². The maximum Gasteiger partial charge on any atom is 0 e. The molecule has 0 aliphatic carbocycles. The van der Waals surface area contributed by atoms with Crippen LogP contribution in [-0.2, 0) is 0 Å². The fourth-order valence-corrected chi connectivity index (χ4v) is 0. The van der Waals surface area contributed by atoms with Crippen LogP contribution in [0.4, 0.5) is 0 Å². The molecule has 4 heavy (non-hydrogen) atoms. The van der Waals surface area contributed by atoms with E-state index in [-0.39, 0.29) is 177 Å². The van der Waals surface area contributed by atoms with Crippen LogP contribution < -0.4 is 0 Å². The van der Waals surface area contributed by atoms with E-state index in [2.05, 4.69) is 0 Å².